The molecule has 5 heterocycles. The van der Waals surface area contributed by atoms with E-state index >= 15 is 43.9 Å². The third-order valence-electron chi connectivity index (χ3n) is 13.4. The van der Waals surface area contributed by atoms with Crippen LogP contribution in [0.3, 0.4) is 0 Å². The maximum atomic E-state index is 16.1. The average Bonchev–Trinajstić information content (AvgIpc) is 2.45. The quantitative estimate of drug-likeness (QED) is 0.0313. The minimum atomic E-state index is -2.60. The van der Waals surface area contributed by atoms with E-state index in [0.29, 0.717) is 0 Å². The zero-order chi connectivity index (χ0) is 59.8. The van der Waals surface area contributed by atoms with Gasteiger partial charge in [-0.3, -0.25) is 0 Å². The Morgan fingerprint density at radius 3 is 1.12 bits per heavy atom. The van der Waals surface area contributed by atoms with Crippen LogP contribution in [0.25, 0.3) is 78.6 Å². The second kappa shape index (κ2) is 25.1. The molecule has 11 aromatic rings. The van der Waals surface area contributed by atoms with Crippen molar-refractivity contribution < 1.29 is 90.0 Å². The van der Waals surface area contributed by atoms with Gasteiger partial charge in [0.25, 0.3) is 0 Å². The summed E-state index contributed by atoms with van der Waals surface area (Å²) in [5.41, 5.74) is -11.4. The van der Waals surface area contributed by atoms with Crippen LogP contribution in [0.2, 0.25) is 0 Å². The molecule has 0 saturated heterocycles. The number of aromatic amines is 1. The van der Waals surface area contributed by atoms with Gasteiger partial charge in [-0.05, 0) is 71.4 Å². The van der Waals surface area contributed by atoms with Crippen molar-refractivity contribution in [2.75, 3.05) is 0 Å². The van der Waals surface area contributed by atoms with Crippen molar-refractivity contribution >= 4 is 69.1 Å². The number of nitrogens with zero attached hydrogens (tertiary/aromatic N) is 3. The first-order valence-corrected chi connectivity index (χ1v) is 25.8. The van der Waals surface area contributed by atoms with Crippen LogP contribution in [0.1, 0.15) is 17.0 Å². The Hall–Kier alpha value is -8.99. The SMILES string of the molecule is Fc1c(F)c(F)c(-c2c3nc(c4ccc([n-]4)c(-c4c(F)c(F)c(F)c(F)c4F)c4ccc(c(-c5c(F)c(F)c(F)c(F)c5F)c5ccc2[nH]5)n4Cc2ccccc2)C=C3)c(F)c1F.[C-]#[O+].[Rh].c1ccc(P(c2ccccc2)c2ccccc2)cc1. The van der Waals surface area contributed by atoms with E-state index < -0.39 is 168 Å². The number of H-pyrrole nitrogens is 1. The Bertz CT molecular complexity index is 4380. The summed E-state index contributed by atoms with van der Waals surface area (Å²) >= 11 is 0. The zero-order valence-corrected chi connectivity index (χ0v) is 45.1. The fourth-order valence-corrected chi connectivity index (χ4v) is 12.0. The van der Waals surface area contributed by atoms with Gasteiger partial charge in [-0.2, -0.15) is 0 Å². The van der Waals surface area contributed by atoms with E-state index in [9.17, 15) is 22.0 Å². The van der Waals surface area contributed by atoms with Crippen molar-refractivity contribution in [1.29, 1.82) is 0 Å². The van der Waals surface area contributed by atoms with Gasteiger partial charge in [-0.1, -0.05) is 133 Å². The number of halogens is 15. The summed E-state index contributed by atoms with van der Waals surface area (Å²) in [6, 6.07) is 45.6. The third kappa shape index (κ3) is 11.0. The van der Waals surface area contributed by atoms with Gasteiger partial charge in [0.15, 0.2) is 69.8 Å². The first-order chi connectivity index (χ1) is 40.5. The Morgan fingerprint density at radius 2 is 0.694 bits per heavy atom. The normalized spacial score (nSPS) is 11.3. The van der Waals surface area contributed by atoms with Crippen LogP contribution in [0.5, 0.6) is 0 Å². The fourth-order valence-electron chi connectivity index (χ4n) is 9.66. The zero-order valence-electron chi connectivity index (χ0n) is 42.6. The number of fused-ring (bicyclic) bond motifs is 9. The monoisotopic (exact) mass is 1280 g/mol. The summed E-state index contributed by atoms with van der Waals surface area (Å²) < 4.78 is 238. The number of rotatable bonds is 8. The Balaban J connectivity index is 0.000000331. The van der Waals surface area contributed by atoms with Crippen molar-refractivity contribution in [2.24, 2.45) is 0 Å². The van der Waals surface area contributed by atoms with E-state index in [1.54, 1.807) is 6.07 Å². The van der Waals surface area contributed by atoms with Crippen LogP contribution in [-0.4, -0.2) is 14.5 Å². The van der Waals surface area contributed by atoms with Crippen molar-refractivity contribution in [3.63, 3.8) is 0 Å². The molecule has 12 rings (SSSR count). The summed E-state index contributed by atoms with van der Waals surface area (Å²) in [5.74, 6) is -36.6. The van der Waals surface area contributed by atoms with Gasteiger partial charge < -0.3 is 14.5 Å². The predicted molar refractivity (Wildman–Crippen MR) is 288 cm³/mol. The summed E-state index contributed by atoms with van der Waals surface area (Å²) in [7, 11) is -0.446. The van der Waals surface area contributed by atoms with Gasteiger partial charge in [-0.25, -0.2) is 70.8 Å². The van der Waals surface area contributed by atoms with Crippen LogP contribution < -0.4 is 20.9 Å². The molecule has 1 N–H and O–H groups in total. The van der Waals surface area contributed by atoms with Crippen molar-refractivity contribution in [2.45, 2.75) is 6.54 Å². The molecule has 0 saturated carbocycles. The Labute approximate surface area is 485 Å². The Morgan fingerprint density at radius 1 is 0.365 bits per heavy atom. The number of aromatic nitrogens is 4. The van der Waals surface area contributed by atoms with E-state index in [1.165, 1.54) is 40.2 Å². The number of hydrogen-bond donors (Lipinski definition) is 1. The van der Waals surface area contributed by atoms with E-state index in [4.69, 9.17) is 4.65 Å². The average molecular weight is 1280 g/mol. The summed E-state index contributed by atoms with van der Waals surface area (Å²) in [5, 5.41) is 4.19. The van der Waals surface area contributed by atoms with E-state index in [2.05, 4.69) is 113 Å². The van der Waals surface area contributed by atoms with Crippen LogP contribution in [0, 0.1) is 93.9 Å². The van der Waals surface area contributed by atoms with Crippen LogP contribution in [0.4, 0.5) is 65.9 Å². The van der Waals surface area contributed by atoms with Crippen molar-refractivity contribution in [3.05, 3.63) is 269 Å². The van der Waals surface area contributed by atoms with Gasteiger partial charge in [0.1, 0.15) is 0 Å². The molecule has 8 bridgehead atoms. The second-order valence-electron chi connectivity index (χ2n) is 18.2. The van der Waals surface area contributed by atoms with Crippen molar-refractivity contribution in [3.8, 4) is 33.4 Å². The van der Waals surface area contributed by atoms with E-state index in [0.717, 1.165) is 53.1 Å². The van der Waals surface area contributed by atoms with Gasteiger partial charge in [-0.15, -0.1) is 11.0 Å². The minimum Gasteiger partial charge on any atom is -0.0622 e. The first kappa shape index (κ1) is 60.6. The summed E-state index contributed by atoms with van der Waals surface area (Å²) in [6.45, 7) is 3.95. The summed E-state index contributed by atoms with van der Waals surface area (Å²) in [4.78, 5) is 11.0. The maximum Gasteiger partial charge on any atom is 0 e. The van der Waals surface area contributed by atoms with E-state index in [1.807, 2.05) is 0 Å². The fraction of sp³-hybridized carbons (Fsp3) is 0.0159. The smallest absolute Gasteiger partial charge is 0 e. The molecule has 4 aromatic heterocycles. The largest absolute Gasteiger partial charge is 0.0622 e. The topological polar surface area (TPSA) is 67.6 Å². The van der Waals surface area contributed by atoms with Crippen LogP contribution >= 0.6 is 7.92 Å². The van der Waals surface area contributed by atoms with Crippen LogP contribution in [-0.2, 0) is 30.7 Å². The molecule has 0 amide bonds. The molecule has 0 unspecified atom stereocenters. The predicted octanol–water partition coefficient (Wildman–Crippen LogP) is 16.3. The molecular formula is C63H31F15N4OPRh-. The number of benzene rings is 7. The van der Waals surface area contributed by atoms with Gasteiger partial charge in [0.05, 0.1) is 27.9 Å². The number of nitrogens with one attached hydrogen (secondary N) is 1. The van der Waals surface area contributed by atoms with Crippen molar-refractivity contribution in [1.82, 2.24) is 19.5 Å². The molecule has 1 aliphatic rings. The molecule has 0 aliphatic carbocycles. The molecule has 0 atom stereocenters. The molecule has 7 aromatic carbocycles. The van der Waals surface area contributed by atoms with E-state index in [-0.39, 0.29) is 36.3 Å². The maximum absolute atomic E-state index is 16.1. The Kier molecular flexibility index (Phi) is 17.9. The van der Waals surface area contributed by atoms with Gasteiger partial charge >= 0.3 is 11.3 Å². The minimum absolute atomic E-state index is 0. The standard InChI is InChI=1S/C44H16F15N4.C18H15P.CO.Rh/c45-30-27(31(46)37(52)42(57)36(30)51)24-18-8-6-16(60-18)17-7-9-20(61-17)25(28-32(47)38(53)43(58)39(54)33(28)48)22-12-13-23(63(22)14-15-4-2-1-3-5-15)26(21-11-10-19(24)62-21)29-34(49)40(55)44(59)41(56)35(29)50;1-4-10-16(11-5-1)19(17-12-6-2-7-13-17)18-14-8-3-9-15-18;1-2;/h1-13,62H,14H2;1-15H;;/q-1;;;. The molecule has 1 radical (unpaired) electrons. The third-order valence-corrected chi connectivity index (χ3v) is 15.8. The molecule has 429 valence electrons. The summed E-state index contributed by atoms with van der Waals surface area (Å²) in [6.07, 6.45) is 2.12. The molecular weight excluding hydrogens is 1250 g/mol. The molecule has 0 spiro atoms. The molecule has 85 heavy (non-hydrogen) atoms. The molecule has 5 nitrogen and oxygen atoms in total. The molecule has 1 aliphatic heterocycles. The number of hydrogen-bond acceptors (Lipinski definition) is 1. The van der Waals surface area contributed by atoms with Gasteiger partial charge in [0.2, 0.25) is 17.5 Å². The second-order valence-corrected chi connectivity index (χ2v) is 20.4. The first-order valence-electron chi connectivity index (χ1n) is 24.5. The molecule has 0 fully saturated rings. The van der Waals surface area contributed by atoms with Gasteiger partial charge in [0, 0.05) is 59.4 Å². The van der Waals surface area contributed by atoms with Crippen LogP contribution in [0.15, 0.2) is 158 Å². The molecule has 22 heteroatoms.